The van der Waals surface area contributed by atoms with Gasteiger partial charge in [0.1, 0.15) is 23.5 Å². The van der Waals surface area contributed by atoms with Crippen molar-refractivity contribution in [2.45, 2.75) is 95.1 Å². The highest BCUT2D eigenvalue weighted by Crippen LogP contribution is 2.41. The van der Waals surface area contributed by atoms with Gasteiger partial charge in [0, 0.05) is 91.3 Å². The quantitative estimate of drug-likeness (QED) is 0.0552. The SMILES string of the molecule is COC(=O)N[C@H](C(=O)N[C@@H](Cc1ccc(C#Cc2ccc(N3CC4CCC(C3)N4[C@@H]3CCOC3)nc2)cc1)[C@@H](O)CNCc1c(F)cc(C(N)=CC=NC(F)F)cc1F)C(C)(C)C(F)(F)F. The highest BCUT2D eigenvalue weighted by molar-refractivity contribution is 5.87. The van der Waals surface area contributed by atoms with Crippen molar-refractivity contribution >= 4 is 29.7 Å². The summed E-state index contributed by atoms with van der Waals surface area (Å²) in [6, 6.07) is 10.2. The number of nitrogens with one attached hydrogen (secondary N) is 3. The molecule has 3 aliphatic heterocycles. The van der Waals surface area contributed by atoms with Gasteiger partial charge in [0.25, 0.3) is 0 Å². The summed E-state index contributed by atoms with van der Waals surface area (Å²) in [5.41, 5.74) is 3.88. The number of ether oxygens (including phenoxy) is 2. The molecule has 0 spiro atoms. The molecule has 356 valence electrons. The van der Waals surface area contributed by atoms with Crippen LogP contribution in [0.25, 0.3) is 5.70 Å². The number of aromatic nitrogens is 1. The molecule has 13 nitrogen and oxygen atoms in total. The third-order valence-corrected chi connectivity index (χ3v) is 12.2. The second-order valence-electron chi connectivity index (χ2n) is 17.0. The number of alkyl carbamates (subject to hydrolysis) is 1. The van der Waals surface area contributed by atoms with Gasteiger partial charge in [0.2, 0.25) is 5.91 Å². The van der Waals surface area contributed by atoms with E-state index in [1.54, 1.807) is 30.5 Å². The van der Waals surface area contributed by atoms with Crippen LogP contribution in [0.1, 0.15) is 60.9 Å². The molecule has 3 fully saturated rings. The first-order valence-electron chi connectivity index (χ1n) is 21.4. The van der Waals surface area contributed by atoms with Crippen molar-refractivity contribution in [1.82, 2.24) is 25.8 Å². The number of aliphatic hydroxyl groups excluding tert-OH is 1. The van der Waals surface area contributed by atoms with Crippen LogP contribution in [0.4, 0.5) is 41.3 Å². The summed E-state index contributed by atoms with van der Waals surface area (Å²) in [6.45, 7) is 0.927. The Morgan fingerprint density at radius 2 is 1.65 bits per heavy atom. The van der Waals surface area contributed by atoms with Gasteiger partial charge < -0.3 is 41.2 Å². The van der Waals surface area contributed by atoms with Crippen molar-refractivity contribution in [3.05, 3.63) is 100 Å². The Morgan fingerprint density at radius 3 is 2.23 bits per heavy atom. The number of rotatable bonds is 16. The minimum atomic E-state index is -4.98. The molecular formula is C46H53F7N8O5. The van der Waals surface area contributed by atoms with Crippen LogP contribution in [0.2, 0.25) is 0 Å². The predicted molar refractivity (Wildman–Crippen MR) is 232 cm³/mol. The smallest absolute Gasteiger partial charge is 0.407 e. The normalized spacial score (nSPS) is 20.5. The average molecular weight is 931 g/mol. The lowest BCUT2D eigenvalue weighted by molar-refractivity contribution is -0.220. The zero-order valence-corrected chi connectivity index (χ0v) is 36.6. The van der Waals surface area contributed by atoms with E-state index in [4.69, 9.17) is 15.5 Å². The number of amides is 2. The van der Waals surface area contributed by atoms with Crippen LogP contribution in [0.3, 0.4) is 0 Å². The van der Waals surface area contributed by atoms with Gasteiger partial charge >= 0.3 is 18.8 Å². The van der Waals surface area contributed by atoms with Crippen molar-refractivity contribution in [2.75, 3.05) is 44.9 Å². The number of benzene rings is 2. The van der Waals surface area contributed by atoms with E-state index in [0.29, 0.717) is 41.0 Å². The van der Waals surface area contributed by atoms with Crippen LogP contribution >= 0.6 is 0 Å². The number of carbonyl (C=O) groups is 2. The van der Waals surface area contributed by atoms with Gasteiger partial charge in [-0.3, -0.25) is 9.69 Å². The Balaban J connectivity index is 1.13. The molecule has 3 aliphatic rings. The van der Waals surface area contributed by atoms with Gasteiger partial charge in [-0.15, -0.1) is 0 Å². The summed E-state index contributed by atoms with van der Waals surface area (Å²) in [5, 5.41) is 18.4. The molecule has 3 aromatic rings. The maximum atomic E-state index is 15.1. The van der Waals surface area contributed by atoms with Crippen molar-refractivity contribution in [1.29, 1.82) is 0 Å². The number of fused-ring (bicyclic) bond motifs is 2. The van der Waals surface area contributed by atoms with Crippen molar-refractivity contribution in [3.63, 3.8) is 0 Å². The molecule has 0 aliphatic carbocycles. The van der Waals surface area contributed by atoms with E-state index in [1.807, 2.05) is 17.4 Å². The number of halogens is 7. The zero-order chi connectivity index (χ0) is 47.8. The lowest BCUT2D eigenvalue weighted by Crippen LogP contribution is -2.62. The van der Waals surface area contributed by atoms with Crippen LogP contribution in [-0.4, -0.2) is 122 Å². The summed E-state index contributed by atoms with van der Waals surface area (Å²) in [7, 11) is 0.916. The number of hydrogen-bond donors (Lipinski definition) is 5. The van der Waals surface area contributed by atoms with Gasteiger partial charge in [-0.05, 0) is 87.6 Å². The van der Waals surface area contributed by atoms with E-state index in [9.17, 15) is 36.6 Å². The molecule has 20 heteroatoms. The third-order valence-electron chi connectivity index (χ3n) is 12.2. The summed E-state index contributed by atoms with van der Waals surface area (Å²) < 4.78 is 108. The van der Waals surface area contributed by atoms with Gasteiger partial charge in [-0.2, -0.15) is 22.0 Å². The fraction of sp³-hybridized carbons (Fsp3) is 0.478. The van der Waals surface area contributed by atoms with Gasteiger partial charge in [-0.25, -0.2) is 23.6 Å². The number of anilines is 1. The zero-order valence-electron chi connectivity index (χ0n) is 36.6. The van der Waals surface area contributed by atoms with Crippen molar-refractivity contribution in [3.8, 4) is 11.8 Å². The first kappa shape index (κ1) is 49.7. The largest absolute Gasteiger partial charge is 0.453 e. The molecule has 6 atom stereocenters. The van der Waals surface area contributed by atoms with Crippen LogP contribution < -0.4 is 26.6 Å². The van der Waals surface area contributed by atoms with E-state index in [-0.39, 0.29) is 17.7 Å². The molecule has 6 rings (SSSR count). The van der Waals surface area contributed by atoms with Gasteiger partial charge in [0.15, 0.2) is 0 Å². The van der Waals surface area contributed by atoms with E-state index >= 15 is 8.78 Å². The van der Waals surface area contributed by atoms with Crippen LogP contribution in [-0.2, 0) is 27.2 Å². The van der Waals surface area contributed by atoms with Crippen molar-refractivity contribution < 1.29 is 54.9 Å². The number of nitrogens with two attached hydrogens (primary N) is 1. The molecule has 2 aromatic carbocycles. The number of allylic oxidation sites excluding steroid dienone is 1. The minimum absolute atomic E-state index is 0.145. The molecule has 2 bridgehead atoms. The van der Waals surface area contributed by atoms with Crippen molar-refractivity contribution in [2.24, 2.45) is 16.1 Å². The maximum Gasteiger partial charge on any atom is 0.407 e. The minimum Gasteiger partial charge on any atom is -0.453 e. The van der Waals surface area contributed by atoms with Crippen LogP contribution in [0.15, 0.2) is 65.8 Å². The van der Waals surface area contributed by atoms with E-state index in [0.717, 1.165) is 90.5 Å². The lowest BCUT2D eigenvalue weighted by Gasteiger charge is -2.44. The summed E-state index contributed by atoms with van der Waals surface area (Å²) in [4.78, 5) is 38.3. The molecule has 2 amide bonds. The van der Waals surface area contributed by atoms with Gasteiger partial charge in [-0.1, -0.05) is 24.0 Å². The maximum absolute atomic E-state index is 15.1. The molecule has 0 saturated carbocycles. The molecule has 0 radical (unpaired) electrons. The molecule has 3 saturated heterocycles. The number of aliphatic hydroxyl groups is 1. The Kier molecular flexibility index (Phi) is 16.3. The topological polar surface area (TPSA) is 167 Å². The molecule has 2 unspecified atom stereocenters. The summed E-state index contributed by atoms with van der Waals surface area (Å²) in [6.07, 6.45) is -1.24. The second-order valence-corrected chi connectivity index (χ2v) is 17.0. The molecular weight excluding hydrogens is 878 g/mol. The van der Waals surface area contributed by atoms with Gasteiger partial charge in [0.05, 0.1) is 31.3 Å². The second kappa shape index (κ2) is 21.7. The fourth-order valence-electron chi connectivity index (χ4n) is 8.42. The van der Waals surface area contributed by atoms with E-state index in [2.05, 4.69) is 42.0 Å². The number of methoxy groups -OCH3 is 1. The van der Waals surface area contributed by atoms with E-state index < -0.39 is 78.6 Å². The Bertz CT molecular complexity index is 2240. The standard InChI is InChI=1S/C46H53F7N8O5/c1-45(2,46(51,52)53)41(59-44(64)65-3)42(63)58-38(39(62)23-55-22-34-35(47)19-30(20-36(34)48)37(54)14-16-56-43(49)50)18-28-7-4-27(5-8-28)6-9-29-10-13-40(57-21-29)60-24-31-11-12-32(25-60)61(31)33-15-17-66-26-33/h4-5,7-8,10,13-14,16,19-21,31-33,38-39,41,43,55,62H,11-12,15,17-18,22-26,54H2,1-3H3,(H,58,63)(H,59,64)/t31?,32?,33-,38+,39+,41-/m1/s1. The van der Waals surface area contributed by atoms with Crippen LogP contribution in [0.5, 0.6) is 0 Å². The number of aliphatic imine (C=N–C) groups is 1. The fourth-order valence-corrected chi connectivity index (χ4v) is 8.42. The number of nitrogens with zero attached hydrogens (tertiary/aromatic N) is 4. The molecule has 6 N–H and O–H groups in total. The average Bonchev–Trinajstić information content (AvgIpc) is 3.90. The Labute approximate surface area is 378 Å². The third kappa shape index (κ3) is 12.4. The Hall–Kier alpha value is -5.75. The number of pyridine rings is 1. The number of alkyl halides is 5. The highest BCUT2D eigenvalue weighted by atomic mass is 19.4. The summed E-state index contributed by atoms with van der Waals surface area (Å²) in [5.74, 6) is 3.67. The number of carbonyl (C=O) groups excluding carboxylic acids is 2. The first-order valence-corrected chi connectivity index (χ1v) is 21.4. The molecule has 66 heavy (non-hydrogen) atoms. The first-order chi connectivity index (χ1) is 31.3. The molecule has 4 heterocycles. The lowest BCUT2D eigenvalue weighted by atomic mass is 9.82. The monoisotopic (exact) mass is 930 g/mol. The number of piperazine rings is 1. The molecule has 1 aromatic heterocycles. The summed E-state index contributed by atoms with van der Waals surface area (Å²) >= 11 is 0. The van der Waals surface area contributed by atoms with E-state index in [1.165, 1.54) is 0 Å². The number of hydrogen-bond acceptors (Lipinski definition) is 11. The highest BCUT2D eigenvalue weighted by Gasteiger charge is 2.56. The predicted octanol–water partition coefficient (Wildman–Crippen LogP) is 5.29. The Morgan fingerprint density at radius 1 is 1.00 bits per heavy atom. The van der Waals surface area contributed by atoms with Crippen LogP contribution in [0, 0.1) is 28.9 Å².